The molecule has 98 valence electrons. The van der Waals surface area contributed by atoms with Crippen LogP contribution >= 0.6 is 0 Å². The second kappa shape index (κ2) is 5.40. The van der Waals surface area contributed by atoms with Crippen molar-refractivity contribution in [2.24, 2.45) is 0 Å². The van der Waals surface area contributed by atoms with Gasteiger partial charge in [0.05, 0.1) is 18.8 Å². The van der Waals surface area contributed by atoms with Gasteiger partial charge in [0.1, 0.15) is 11.9 Å². The normalized spacial score (nSPS) is 17.9. The van der Waals surface area contributed by atoms with Crippen molar-refractivity contribution in [2.75, 3.05) is 32.5 Å². The van der Waals surface area contributed by atoms with Crippen molar-refractivity contribution in [2.45, 2.75) is 19.4 Å². The number of carbonyl (C=O) groups excluding carboxylic acids is 1. The Bertz CT molecular complexity index is 443. The number of ketones is 1. The van der Waals surface area contributed by atoms with E-state index in [1.54, 1.807) is 0 Å². The molecule has 0 aliphatic carbocycles. The van der Waals surface area contributed by atoms with Crippen LogP contribution in [0.25, 0.3) is 0 Å². The molecule has 18 heavy (non-hydrogen) atoms. The Morgan fingerprint density at radius 2 is 2.28 bits per heavy atom. The molecule has 0 saturated heterocycles. The van der Waals surface area contributed by atoms with Gasteiger partial charge in [-0.25, -0.2) is 0 Å². The van der Waals surface area contributed by atoms with Crippen LogP contribution in [0.4, 0.5) is 5.69 Å². The Morgan fingerprint density at radius 3 is 2.94 bits per heavy atom. The highest BCUT2D eigenvalue weighted by molar-refractivity contribution is 5.98. The Kier molecular flexibility index (Phi) is 3.87. The van der Waals surface area contributed by atoms with Gasteiger partial charge < -0.3 is 15.0 Å². The summed E-state index contributed by atoms with van der Waals surface area (Å²) in [7, 11) is 3.78. The Morgan fingerprint density at radius 1 is 1.50 bits per heavy atom. The maximum Gasteiger partial charge on any atom is 0.176 e. The van der Waals surface area contributed by atoms with Crippen molar-refractivity contribution in [3.63, 3.8) is 0 Å². The molecule has 1 aromatic carbocycles. The zero-order valence-electron chi connectivity index (χ0n) is 11.2. The molecule has 1 unspecified atom stereocenters. The first-order valence-electron chi connectivity index (χ1n) is 6.32. The molecule has 0 amide bonds. The van der Waals surface area contributed by atoms with Crippen molar-refractivity contribution >= 4 is 11.5 Å². The first-order valence-corrected chi connectivity index (χ1v) is 6.32. The van der Waals surface area contributed by atoms with Gasteiger partial charge in [-0.1, -0.05) is 6.92 Å². The number of fused-ring (bicyclic) bond motifs is 1. The van der Waals surface area contributed by atoms with E-state index in [9.17, 15) is 4.79 Å². The van der Waals surface area contributed by atoms with Gasteiger partial charge in [0.15, 0.2) is 5.78 Å². The fraction of sp³-hybridized carbons (Fsp3) is 0.500. The summed E-state index contributed by atoms with van der Waals surface area (Å²) in [5, 5.41) is 3.32. The van der Waals surface area contributed by atoms with E-state index in [-0.39, 0.29) is 11.9 Å². The van der Waals surface area contributed by atoms with Crippen molar-refractivity contribution in [1.29, 1.82) is 0 Å². The molecule has 1 heterocycles. The topological polar surface area (TPSA) is 41.6 Å². The van der Waals surface area contributed by atoms with Crippen LogP contribution in [0.1, 0.15) is 23.7 Å². The van der Waals surface area contributed by atoms with Crippen LogP contribution in [-0.2, 0) is 0 Å². The van der Waals surface area contributed by atoms with Crippen LogP contribution in [0.5, 0.6) is 5.75 Å². The molecule has 0 bridgehead atoms. The van der Waals surface area contributed by atoms with Crippen LogP contribution in [0.15, 0.2) is 18.2 Å². The van der Waals surface area contributed by atoms with Crippen LogP contribution in [0.3, 0.4) is 0 Å². The predicted octanol–water partition coefficient (Wildman–Crippen LogP) is 2.01. The van der Waals surface area contributed by atoms with Gasteiger partial charge in [-0.3, -0.25) is 4.79 Å². The molecule has 0 spiro atoms. The maximum absolute atomic E-state index is 12.0. The third kappa shape index (κ3) is 2.82. The smallest absolute Gasteiger partial charge is 0.176 e. The van der Waals surface area contributed by atoms with Gasteiger partial charge in [0, 0.05) is 5.56 Å². The van der Waals surface area contributed by atoms with Gasteiger partial charge >= 0.3 is 0 Å². The van der Waals surface area contributed by atoms with Gasteiger partial charge in [0.25, 0.3) is 0 Å². The maximum atomic E-state index is 12.0. The molecule has 4 nitrogen and oxygen atoms in total. The zero-order valence-corrected chi connectivity index (χ0v) is 11.2. The van der Waals surface area contributed by atoms with Gasteiger partial charge in [0.2, 0.25) is 0 Å². The van der Waals surface area contributed by atoms with E-state index in [4.69, 9.17) is 4.74 Å². The monoisotopic (exact) mass is 248 g/mol. The fourth-order valence-electron chi connectivity index (χ4n) is 2.00. The number of anilines is 1. The molecule has 1 aromatic rings. The first-order chi connectivity index (χ1) is 8.60. The van der Waals surface area contributed by atoms with Gasteiger partial charge in [-0.2, -0.15) is 0 Å². The highest BCUT2D eigenvalue weighted by Crippen LogP contribution is 2.30. The number of Topliss-reactive ketones (excluding diaryl/α,β-unsaturated/α-hetero) is 1. The minimum absolute atomic E-state index is 0.127. The van der Waals surface area contributed by atoms with Gasteiger partial charge in [-0.15, -0.1) is 0 Å². The van der Waals surface area contributed by atoms with Crippen molar-refractivity contribution in [3.05, 3.63) is 23.8 Å². The molecular weight excluding hydrogens is 228 g/mol. The minimum atomic E-state index is 0.127. The summed E-state index contributed by atoms with van der Waals surface area (Å²) in [6.45, 7) is 3.33. The second-order valence-electron chi connectivity index (χ2n) is 4.90. The van der Waals surface area contributed by atoms with Crippen LogP contribution in [0.2, 0.25) is 0 Å². The number of hydrogen-bond acceptors (Lipinski definition) is 4. The number of rotatable bonds is 4. The van der Waals surface area contributed by atoms with Crippen molar-refractivity contribution in [3.8, 4) is 5.75 Å². The summed E-state index contributed by atoms with van der Waals surface area (Å²) in [6.07, 6.45) is 1.20. The minimum Gasteiger partial charge on any atom is -0.486 e. The highest BCUT2D eigenvalue weighted by atomic mass is 16.5. The lowest BCUT2D eigenvalue weighted by Crippen LogP contribution is -2.30. The van der Waals surface area contributed by atoms with Crippen LogP contribution in [0, 0.1) is 0 Å². The fourth-order valence-corrected chi connectivity index (χ4v) is 2.00. The number of ether oxygens (including phenoxy) is 1. The van der Waals surface area contributed by atoms with E-state index in [2.05, 4.69) is 12.2 Å². The van der Waals surface area contributed by atoms with E-state index in [1.165, 1.54) is 0 Å². The lowest BCUT2D eigenvalue weighted by atomic mass is 10.1. The molecule has 0 aromatic heterocycles. The van der Waals surface area contributed by atoms with Gasteiger partial charge in [-0.05, 0) is 38.7 Å². The summed E-state index contributed by atoms with van der Waals surface area (Å²) in [6, 6.07) is 5.60. The molecule has 1 N–H and O–H groups in total. The molecule has 2 rings (SSSR count). The average Bonchev–Trinajstić information content (AvgIpc) is 2.36. The number of hydrogen-bond donors (Lipinski definition) is 1. The van der Waals surface area contributed by atoms with E-state index in [0.29, 0.717) is 6.54 Å². The standard InChI is InChI=1S/C14H20N2O2/c1-4-11-8-15-12-7-10(5-6-14(12)18-11)13(17)9-16(2)3/h5-7,11,15H,4,8-9H2,1-3H3. The summed E-state index contributed by atoms with van der Waals surface area (Å²) in [4.78, 5) is 13.8. The van der Waals surface area contributed by atoms with Crippen molar-refractivity contribution < 1.29 is 9.53 Å². The number of nitrogens with one attached hydrogen (secondary N) is 1. The molecule has 1 aliphatic heterocycles. The molecule has 1 atom stereocenters. The number of benzene rings is 1. The summed E-state index contributed by atoms with van der Waals surface area (Å²) < 4.78 is 5.81. The molecule has 4 heteroatoms. The SMILES string of the molecule is CCC1CNc2cc(C(=O)CN(C)C)ccc2O1. The first kappa shape index (κ1) is 12.9. The van der Waals surface area contributed by atoms with E-state index >= 15 is 0 Å². The molecule has 1 aliphatic rings. The molecule has 0 fully saturated rings. The molecular formula is C14H20N2O2. The number of likely N-dealkylation sites (N-methyl/N-ethyl adjacent to an activating group) is 1. The summed E-state index contributed by atoms with van der Waals surface area (Å²) in [5.41, 5.74) is 1.65. The zero-order chi connectivity index (χ0) is 13.1. The lowest BCUT2D eigenvalue weighted by Gasteiger charge is -2.27. The molecule has 0 radical (unpaired) electrons. The molecule has 0 saturated carbocycles. The van der Waals surface area contributed by atoms with Crippen LogP contribution in [-0.4, -0.2) is 44.0 Å². The summed E-state index contributed by atoms with van der Waals surface area (Å²) in [5.74, 6) is 0.969. The number of nitrogens with zero attached hydrogens (tertiary/aromatic N) is 1. The van der Waals surface area contributed by atoms with Crippen LogP contribution < -0.4 is 10.1 Å². The Hall–Kier alpha value is -1.55. The lowest BCUT2D eigenvalue weighted by molar-refractivity contribution is 0.0958. The Balaban J connectivity index is 2.16. The largest absolute Gasteiger partial charge is 0.486 e. The Labute approximate surface area is 108 Å². The quantitative estimate of drug-likeness (QED) is 0.828. The third-order valence-corrected chi connectivity index (χ3v) is 3.03. The predicted molar refractivity (Wildman–Crippen MR) is 72.5 cm³/mol. The highest BCUT2D eigenvalue weighted by Gasteiger charge is 2.19. The second-order valence-corrected chi connectivity index (χ2v) is 4.90. The average molecular weight is 248 g/mol. The van der Waals surface area contributed by atoms with Crippen molar-refractivity contribution in [1.82, 2.24) is 4.90 Å². The van der Waals surface area contributed by atoms with E-state index in [0.717, 1.165) is 30.0 Å². The number of carbonyl (C=O) groups is 1. The van der Waals surface area contributed by atoms with E-state index in [1.807, 2.05) is 37.2 Å². The van der Waals surface area contributed by atoms with E-state index < -0.39 is 0 Å². The third-order valence-electron chi connectivity index (χ3n) is 3.03. The summed E-state index contributed by atoms with van der Waals surface area (Å²) >= 11 is 0.